The summed E-state index contributed by atoms with van der Waals surface area (Å²) in [7, 11) is 0. The molecule has 0 saturated carbocycles. The molecular formula is C36H56N2O4. The minimum absolute atomic E-state index is 0.152. The molecule has 0 amide bonds. The number of ether oxygens (including phenoxy) is 2. The third-order valence-corrected chi connectivity index (χ3v) is 7.56. The van der Waals surface area contributed by atoms with Crippen LogP contribution in [0.1, 0.15) is 103 Å². The van der Waals surface area contributed by atoms with E-state index in [1.54, 1.807) is 0 Å². The summed E-state index contributed by atoms with van der Waals surface area (Å²) in [4.78, 5) is 29.7. The van der Waals surface area contributed by atoms with E-state index in [0.29, 0.717) is 12.8 Å². The van der Waals surface area contributed by atoms with Crippen LogP contribution in [0.25, 0.3) is 11.1 Å². The molecular weight excluding hydrogens is 524 g/mol. The predicted molar refractivity (Wildman–Crippen MR) is 173 cm³/mol. The first-order valence-corrected chi connectivity index (χ1v) is 16.4. The van der Waals surface area contributed by atoms with Gasteiger partial charge in [0, 0.05) is 13.1 Å². The van der Waals surface area contributed by atoms with Crippen LogP contribution < -0.4 is 0 Å². The van der Waals surface area contributed by atoms with E-state index in [-0.39, 0.29) is 25.2 Å². The Morgan fingerprint density at radius 3 is 1.24 bits per heavy atom. The van der Waals surface area contributed by atoms with Gasteiger partial charge >= 0.3 is 11.9 Å². The van der Waals surface area contributed by atoms with E-state index >= 15 is 0 Å². The first-order valence-electron chi connectivity index (χ1n) is 16.4. The third kappa shape index (κ3) is 15.0. The molecule has 0 bridgehead atoms. The standard InChI is InChI=1S/C36H56N2O4/c1-5-9-21-37(22-10-6-2)25-19-35(39)41-29-31-15-13-17-33(27-31)34-18-14-16-32(28-34)30-42-36(40)20-26-38(23-11-7-3)24-12-8-4/h13-18,27-28H,5-12,19-26,29-30H2,1-4H3. The monoisotopic (exact) mass is 580 g/mol. The zero-order chi connectivity index (χ0) is 30.4. The Labute approximate surface area is 255 Å². The zero-order valence-electron chi connectivity index (χ0n) is 26.9. The van der Waals surface area contributed by atoms with Crippen LogP contribution in [0, 0.1) is 0 Å². The molecule has 0 aliphatic heterocycles. The van der Waals surface area contributed by atoms with Crippen LogP contribution in [0.4, 0.5) is 0 Å². The van der Waals surface area contributed by atoms with Crippen LogP contribution >= 0.6 is 0 Å². The lowest BCUT2D eigenvalue weighted by atomic mass is 10.0. The van der Waals surface area contributed by atoms with E-state index in [9.17, 15) is 9.59 Å². The maximum Gasteiger partial charge on any atom is 0.307 e. The Hall–Kier alpha value is -2.70. The molecule has 0 fully saturated rings. The second kappa shape index (κ2) is 21.9. The average molecular weight is 581 g/mol. The number of rotatable bonds is 23. The molecule has 234 valence electrons. The van der Waals surface area contributed by atoms with Crippen molar-refractivity contribution in [3.05, 3.63) is 59.7 Å². The SMILES string of the molecule is CCCCN(CCCC)CCC(=O)OCc1cccc(-c2cccc(COC(=O)CCN(CCCC)CCCC)c2)c1. The summed E-state index contributed by atoms with van der Waals surface area (Å²) in [6.07, 6.45) is 10.1. The van der Waals surface area contributed by atoms with Gasteiger partial charge in [-0.1, -0.05) is 89.8 Å². The molecule has 0 N–H and O–H groups in total. The van der Waals surface area contributed by atoms with Gasteiger partial charge in [0.1, 0.15) is 13.2 Å². The van der Waals surface area contributed by atoms with Gasteiger partial charge in [-0.05, 0) is 86.2 Å². The number of nitrogens with zero attached hydrogens (tertiary/aromatic N) is 2. The highest BCUT2D eigenvalue weighted by molar-refractivity contribution is 5.70. The molecule has 6 heteroatoms. The lowest BCUT2D eigenvalue weighted by Crippen LogP contribution is -2.29. The van der Waals surface area contributed by atoms with Crippen molar-refractivity contribution in [1.29, 1.82) is 0 Å². The largest absolute Gasteiger partial charge is 0.461 e. The van der Waals surface area contributed by atoms with Gasteiger partial charge in [-0.15, -0.1) is 0 Å². The van der Waals surface area contributed by atoms with Crippen LogP contribution in [0.5, 0.6) is 0 Å². The number of carbonyl (C=O) groups excluding carboxylic acids is 2. The molecule has 42 heavy (non-hydrogen) atoms. The number of esters is 2. The highest BCUT2D eigenvalue weighted by Crippen LogP contribution is 2.22. The van der Waals surface area contributed by atoms with Gasteiger partial charge in [0.05, 0.1) is 12.8 Å². The molecule has 2 aromatic rings. The minimum Gasteiger partial charge on any atom is -0.461 e. The Morgan fingerprint density at radius 1 is 0.548 bits per heavy atom. The maximum atomic E-state index is 12.5. The molecule has 0 saturated heterocycles. The average Bonchev–Trinajstić information content (AvgIpc) is 3.02. The van der Waals surface area contributed by atoms with E-state index < -0.39 is 0 Å². The fourth-order valence-electron chi connectivity index (χ4n) is 4.85. The molecule has 0 radical (unpaired) electrons. The van der Waals surface area contributed by atoms with Gasteiger partial charge in [-0.2, -0.15) is 0 Å². The van der Waals surface area contributed by atoms with Crippen LogP contribution in [-0.2, 0) is 32.3 Å². The lowest BCUT2D eigenvalue weighted by molar-refractivity contribution is -0.146. The first kappa shape index (κ1) is 35.5. The lowest BCUT2D eigenvalue weighted by Gasteiger charge is -2.21. The first-order chi connectivity index (χ1) is 20.5. The van der Waals surface area contributed by atoms with Gasteiger partial charge in [0.2, 0.25) is 0 Å². The Morgan fingerprint density at radius 2 is 0.905 bits per heavy atom. The Balaban J connectivity index is 1.85. The summed E-state index contributed by atoms with van der Waals surface area (Å²) in [6.45, 7) is 15.0. The van der Waals surface area contributed by atoms with Gasteiger partial charge in [0.15, 0.2) is 0 Å². The Bertz CT molecular complexity index is 927. The van der Waals surface area contributed by atoms with Crippen LogP contribution in [0.15, 0.2) is 48.5 Å². The second-order valence-electron chi connectivity index (χ2n) is 11.3. The van der Waals surface area contributed by atoms with E-state index in [1.165, 1.54) is 0 Å². The van der Waals surface area contributed by atoms with Gasteiger partial charge in [-0.25, -0.2) is 0 Å². The molecule has 0 aliphatic rings. The second-order valence-corrected chi connectivity index (χ2v) is 11.3. The van der Waals surface area contributed by atoms with Crippen molar-refractivity contribution in [2.24, 2.45) is 0 Å². The molecule has 2 aromatic carbocycles. The van der Waals surface area contributed by atoms with Gasteiger partial charge in [0.25, 0.3) is 0 Å². The summed E-state index contributed by atoms with van der Waals surface area (Å²) < 4.78 is 11.2. The van der Waals surface area contributed by atoms with Crippen LogP contribution in [0.3, 0.4) is 0 Å². The fourth-order valence-corrected chi connectivity index (χ4v) is 4.85. The van der Waals surface area contributed by atoms with Crippen molar-refractivity contribution in [1.82, 2.24) is 9.80 Å². The quantitative estimate of drug-likeness (QED) is 0.124. The normalized spacial score (nSPS) is 11.3. The fraction of sp³-hybridized carbons (Fsp3) is 0.611. The van der Waals surface area contributed by atoms with Gasteiger partial charge < -0.3 is 19.3 Å². The van der Waals surface area contributed by atoms with Gasteiger partial charge in [-0.3, -0.25) is 9.59 Å². The highest BCUT2D eigenvalue weighted by Gasteiger charge is 2.11. The van der Waals surface area contributed by atoms with Crippen molar-refractivity contribution in [3.63, 3.8) is 0 Å². The van der Waals surface area contributed by atoms with Crippen molar-refractivity contribution in [3.8, 4) is 11.1 Å². The van der Waals surface area contributed by atoms with Crippen molar-refractivity contribution in [2.45, 2.75) is 105 Å². The number of hydrogen-bond donors (Lipinski definition) is 0. The smallest absolute Gasteiger partial charge is 0.307 e. The van der Waals surface area contributed by atoms with E-state index in [2.05, 4.69) is 61.8 Å². The zero-order valence-corrected chi connectivity index (χ0v) is 26.9. The molecule has 0 aliphatic carbocycles. The molecule has 6 nitrogen and oxygen atoms in total. The maximum absolute atomic E-state index is 12.5. The summed E-state index contributed by atoms with van der Waals surface area (Å²) in [5.41, 5.74) is 4.01. The minimum atomic E-state index is -0.152. The number of hydrogen-bond acceptors (Lipinski definition) is 6. The Kier molecular flexibility index (Phi) is 18.5. The summed E-state index contributed by atoms with van der Waals surface area (Å²) in [6, 6.07) is 16.2. The number of carbonyl (C=O) groups is 2. The molecule has 0 heterocycles. The summed E-state index contributed by atoms with van der Waals surface area (Å²) in [5.74, 6) is -0.304. The predicted octanol–water partition coefficient (Wildman–Crippen LogP) is 8.02. The van der Waals surface area contributed by atoms with E-state index in [1.807, 2.05) is 24.3 Å². The topological polar surface area (TPSA) is 59.1 Å². The molecule has 0 atom stereocenters. The van der Waals surface area contributed by atoms with E-state index in [4.69, 9.17) is 9.47 Å². The highest BCUT2D eigenvalue weighted by atomic mass is 16.5. The molecule has 0 unspecified atom stereocenters. The summed E-state index contributed by atoms with van der Waals surface area (Å²) >= 11 is 0. The van der Waals surface area contributed by atoms with Crippen molar-refractivity contribution >= 4 is 11.9 Å². The van der Waals surface area contributed by atoms with Crippen molar-refractivity contribution in [2.75, 3.05) is 39.3 Å². The molecule has 0 spiro atoms. The van der Waals surface area contributed by atoms with E-state index in [0.717, 1.165) is 113 Å². The number of benzene rings is 2. The summed E-state index contributed by atoms with van der Waals surface area (Å²) in [5, 5.41) is 0. The molecule has 0 aromatic heterocycles. The van der Waals surface area contributed by atoms with Crippen LogP contribution in [-0.4, -0.2) is 61.0 Å². The third-order valence-electron chi connectivity index (χ3n) is 7.56. The number of unbranched alkanes of at least 4 members (excludes halogenated alkanes) is 4. The van der Waals surface area contributed by atoms with Crippen molar-refractivity contribution < 1.29 is 19.1 Å². The molecule has 2 rings (SSSR count). The van der Waals surface area contributed by atoms with Crippen LogP contribution in [0.2, 0.25) is 0 Å².